The van der Waals surface area contributed by atoms with Crippen molar-refractivity contribution >= 4 is 27.5 Å². The number of H-pyrrole nitrogens is 1. The van der Waals surface area contributed by atoms with Gasteiger partial charge < -0.3 is 10.3 Å². The van der Waals surface area contributed by atoms with Crippen molar-refractivity contribution in [1.29, 1.82) is 0 Å². The lowest BCUT2D eigenvalue weighted by Gasteiger charge is -2.05. The molecule has 2 N–H and O–H groups in total. The maximum absolute atomic E-state index is 12.1. The molecule has 2 heterocycles. The minimum atomic E-state index is -0.438. The number of hydrogen-bond acceptors (Lipinski definition) is 4. The van der Waals surface area contributed by atoms with Crippen LogP contribution >= 0.6 is 11.3 Å². The average molecular weight is 293 g/mol. The third-order valence-corrected chi connectivity index (χ3v) is 3.72. The van der Waals surface area contributed by atoms with Crippen LogP contribution in [0.25, 0.3) is 10.2 Å². The van der Waals surface area contributed by atoms with E-state index < -0.39 is 5.69 Å². The molecule has 0 aliphatic rings. The number of hydrogen-bond donors (Lipinski definition) is 2. The van der Waals surface area contributed by atoms with E-state index in [-0.39, 0.29) is 24.4 Å². The Balaban J connectivity index is 2.06. The van der Waals surface area contributed by atoms with Crippen molar-refractivity contribution in [2.45, 2.75) is 19.4 Å². The Morgan fingerprint density at radius 3 is 3.05 bits per heavy atom. The van der Waals surface area contributed by atoms with Crippen LogP contribution in [0.5, 0.6) is 0 Å². The van der Waals surface area contributed by atoms with Crippen molar-refractivity contribution in [3.8, 4) is 0 Å². The van der Waals surface area contributed by atoms with Crippen molar-refractivity contribution in [1.82, 2.24) is 14.9 Å². The van der Waals surface area contributed by atoms with E-state index in [0.717, 1.165) is 4.57 Å². The van der Waals surface area contributed by atoms with Crippen molar-refractivity contribution in [2.24, 2.45) is 0 Å². The third-order valence-electron chi connectivity index (χ3n) is 2.82. The van der Waals surface area contributed by atoms with Crippen LogP contribution in [0.2, 0.25) is 0 Å². The molecular weight excluding hydrogens is 278 g/mol. The number of thiophene rings is 1. The van der Waals surface area contributed by atoms with E-state index in [9.17, 15) is 14.4 Å². The molecular formula is C13H15N3O3S. The smallest absolute Gasteiger partial charge is 0.328 e. The van der Waals surface area contributed by atoms with E-state index in [1.807, 2.05) is 0 Å². The first-order valence-corrected chi connectivity index (χ1v) is 7.09. The van der Waals surface area contributed by atoms with Crippen LogP contribution in [0.3, 0.4) is 0 Å². The summed E-state index contributed by atoms with van der Waals surface area (Å²) in [6, 6.07) is 1.70. The van der Waals surface area contributed by atoms with Gasteiger partial charge in [0.25, 0.3) is 5.56 Å². The number of nitrogens with one attached hydrogen (secondary N) is 2. The highest BCUT2D eigenvalue weighted by molar-refractivity contribution is 7.17. The first-order chi connectivity index (χ1) is 9.63. The molecule has 0 unspecified atom stereocenters. The Morgan fingerprint density at radius 2 is 2.30 bits per heavy atom. The number of fused-ring (bicyclic) bond motifs is 1. The number of rotatable bonds is 6. The fourth-order valence-corrected chi connectivity index (χ4v) is 2.64. The van der Waals surface area contributed by atoms with Gasteiger partial charge in [0.2, 0.25) is 5.91 Å². The molecule has 0 radical (unpaired) electrons. The lowest BCUT2D eigenvalue weighted by molar-refractivity contribution is -0.121. The summed E-state index contributed by atoms with van der Waals surface area (Å²) in [4.78, 5) is 38.0. The molecule has 7 heteroatoms. The highest BCUT2D eigenvalue weighted by Crippen LogP contribution is 2.12. The first-order valence-electron chi connectivity index (χ1n) is 6.21. The summed E-state index contributed by atoms with van der Waals surface area (Å²) in [7, 11) is 0. The standard InChI is InChI=1S/C13H15N3O3S/c1-2-6-14-10(17)4-3-7-16-12(18)11-9(5-8-20-11)15-13(16)19/h2,5,8H,1,3-4,6-7H2,(H,14,17)(H,15,19). The van der Waals surface area contributed by atoms with Crippen molar-refractivity contribution < 1.29 is 4.79 Å². The van der Waals surface area contributed by atoms with Gasteiger partial charge in [0.05, 0.1) is 5.52 Å². The minimum Gasteiger partial charge on any atom is -0.353 e. The molecule has 2 aromatic rings. The van der Waals surface area contributed by atoms with Gasteiger partial charge in [-0.2, -0.15) is 0 Å². The fraction of sp³-hybridized carbons (Fsp3) is 0.308. The predicted octanol–water partition coefficient (Wildman–Crippen LogP) is 0.834. The Labute approximate surface area is 118 Å². The van der Waals surface area contributed by atoms with Gasteiger partial charge in [0, 0.05) is 19.5 Å². The molecule has 0 bridgehead atoms. The molecule has 1 amide bonds. The summed E-state index contributed by atoms with van der Waals surface area (Å²) < 4.78 is 1.67. The zero-order valence-electron chi connectivity index (χ0n) is 10.8. The van der Waals surface area contributed by atoms with Crippen LogP contribution in [0.4, 0.5) is 0 Å². The summed E-state index contributed by atoms with van der Waals surface area (Å²) in [5.74, 6) is -0.119. The van der Waals surface area contributed by atoms with Gasteiger partial charge in [-0.3, -0.25) is 14.2 Å². The van der Waals surface area contributed by atoms with Gasteiger partial charge >= 0.3 is 5.69 Å². The second-order valence-electron chi connectivity index (χ2n) is 4.25. The Hall–Kier alpha value is -2.15. The van der Waals surface area contributed by atoms with Crippen molar-refractivity contribution in [3.05, 3.63) is 44.9 Å². The highest BCUT2D eigenvalue weighted by Gasteiger charge is 2.09. The second-order valence-corrected chi connectivity index (χ2v) is 5.16. The molecule has 0 saturated heterocycles. The Kier molecular flexibility index (Phi) is 4.52. The van der Waals surface area contributed by atoms with Gasteiger partial charge in [-0.15, -0.1) is 17.9 Å². The lowest BCUT2D eigenvalue weighted by atomic mass is 10.3. The number of carbonyl (C=O) groups is 1. The molecule has 0 spiro atoms. The largest absolute Gasteiger partial charge is 0.353 e. The van der Waals surface area contributed by atoms with Gasteiger partial charge in [-0.05, 0) is 17.9 Å². The Bertz CT molecular complexity index is 741. The SMILES string of the molecule is C=CCNC(=O)CCCn1c(=O)[nH]c2ccsc2c1=O. The molecule has 0 saturated carbocycles. The predicted molar refractivity (Wildman–Crippen MR) is 79.1 cm³/mol. The van der Waals surface area contributed by atoms with E-state index >= 15 is 0 Å². The van der Waals surface area contributed by atoms with Crippen LogP contribution in [0.15, 0.2) is 33.7 Å². The summed E-state index contributed by atoms with van der Waals surface area (Å²) in [6.07, 6.45) is 2.29. The topological polar surface area (TPSA) is 84.0 Å². The van der Waals surface area contributed by atoms with Crippen LogP contribution in [-0.2, 0) is 11.3 Å². The molecule has 6 nitrogen and oxygen atoms in total. The van der Waals surface area contributed by atoms with Gasteiger partial charge in [-0.1, -0.05) is 6.08 Å². The van der Waals surface area contributed by atoms with E-state index in [1.165, 1.54) is 11.3 Å². The number of carbonyl (C=O) groups excluding carboxylic acids is 1. The maximum Gasteiger partial charge on any atom is 0.328 e. The van der Waals surface area contributed by atoms with E-state index in [2.05, 4.69) is 16.9 Å². The van der Waals surface area contributed by atoms with Gasteiger partial charge in [0.15, 0.2) is 0 Å². The summed E-state index contributed by atoms with van der Waals surface area (Å²) >= 11 is 1.29. The molecule has 2 aromatic heterocycles. The van der Waals surface area contributed by atoms with Crippen LogP contribution in [0.1, 0.15) is 12.8 Å². The van der Waals surface area contributed by atoms with Crippen molar-refractivity contribution in [3.63, 3.8) is 0 Å². The van der Waals surface area contributed by atoms with E-state index in [0.29, 0.717) is 23.2 Å². The first kappa shape index (κ1) is 14.3. The third kappa shape index (κ3) is 3.05. The highest BCUT2D eigenvalue weighted by atomic mass is 32.1. The van der Waals surface area contributed by atoms with Crippen LogP contribution in [0, 0.1) is 0 Å². The molecule has 0 aromatic carbocycles. The molecule has 0 aliphatic carbocycles. The van der Waals surface area contributed by atoms with E-state index in [1.54, 1.807) is 17.5 Å². The van der Waals surface area contributed by atoms with Gasteiger partial charge in [0.1, 0.15) is 4.70 Å². The average Bonchev–Trinajstić information content (AvgIpc) is 2.88. The summed E-state index contributed by atoms with van der Waals surface area (Å²) in [5.41, 5.74) is -0.178. The minimum absolute atomic E-state index is 0.119. The second kappa shape index (κ2) is 6.33. The van der Waals surface area contributed by atoms with Crippen LogP contribution in [-0.4, -0.2) is 22.0 Å². The van der Waals surface area contributed by atoms with E-state index in [4.69, 9.17) is 0 Å². The zero-order chi connectivity index (χ0) is 14.5. The number of nitrogens with zero attached hydrogens (tertiary/aromatic N) is 1. The van der Waals surface area contributed by atoms with Crippen LogP contribution < -0.4 is 16.6 Å². The molecule has 0 atom stereocenters. The molecule has 106 valence electrons. The summed E-state index contributed by atoms with van der Waals surface area (Å²) in [6.45, 7) is 4.15. The Morgan fingerprint density at radius 1 is 1.50 bits per heavy atom. The quantitative estimate of drug-likeness (QED) is 0.774. The monoisotopic (exact) mass is 293 g/mol. The zero-order valence-corrected chi connectivity index (χ0v) is 11.7. The molecule has 20 heavy (non-hydrogen) atoms. The molecule has 2 rings (SSSR count). The number of amides is 1. The normalized spacial score (nSPS) is 10.6. The number of aromatic amines is 1. The summed E-state index contributed by atoms with van der Waals surface area (Å²) in [5, 5.41) is 4.40. The number of aromatic nitrogens is 2. The maximum atomic E-state index is 12.1. The molecule has 0 fully saturated rings. The van der Waals surface area contributed by atoms with Crippen molar-refractivity contribution in [2.75, 3.05) is 6.54 Å². The lowest BCUT2D eigenvalue weighted by Crippen LogP contribution is -2.35. The molecule has 0 aliphatic heterocycles. The van der Waals surface area contributed by atoms with Gasteiger partial charge in [-0.25, -0.2) is 4.79 Å². The fourth-order valence-electron chi connectivity index (χ4n) is 1.85.